The number of nitrogens with zero attached hydrogens (tertiary/aromatic N) is 4. The lowest BCUT2D eigenvalue weighted by atomic mass is 9.64. The molecule has 4 heterocycles. The van der Waals surface area contributed by atoms with Crippen molar-refractivity contribution in [2.45, 2.75) is 49.2 Å². The van der Waals surface area contributed by atoms with E-state index < -0.39 is 64.4 Å². The maximum atomic E-state index is 17.0. The molecule has 1 N–H and O–H groups in total. The Kier molecular flexibility index (Phi) is 14.5. The molecule has 7 aromatic rings. The van der Waals surface area contributed by atoms with Gasteiger partial charge in [-0.2, -0.15) is 0 Å². The van der Waals surface area contributed by atoms with E-state index in [0.29, 0.717) is 62.8 Å². The topological polar surface area (TPSA) is 197 Å². The number of rotatable bonds is 13. The first-order valence-electron chi connectivity index (χ1n) is 26.0. The first kappa shape index (κ1) is 52.5. The maximum Gasteiger partial charge on any atom is 0.421 e. The van der Waals surface area contributed by atoms with Crippen molar-refractivity contribution in [3.63, 3.8) is 0 Å². The molecule has 6 atom stereocenters. The molecule has 4 aliphatic rings. The summed E-state index contributed by atoms with van der Waals surface area (Å²) in [4.78, 5) is 80.2. The smallest absolute Gasteiger partial charge is 0.421 e. The number of fused-ring (bicyclic) bond motifs is 4. The Morgan fingerprint density at radius 1 is 0.725 bits per heavy atom. The number of anilines is 1. The van der Waals surface area contributed by atoms with Crippen LogP contribution in [0.5, 0.6) is 23.0 Å². The number of carbonyl (C=O) groups excluding carboxylic acids is 4. The van der Waals surface area contributed by atoms with E-state index in [1.807, 2.05) is 77.7 Å². The number of morpholine rings is 1. The predicted octanol–water partition coefficient (Wildman–Crippen LogP) is 8.98. The van der Waals surface area contributed by atoms with Gasteiger partial charge < -0.3 is 38.4 Å². The Hall–Kier alpha value is -9.50. The van der Waals surface area contributed by atoms with Gasteiger partial charge in [-0.3, -0.25) is 29.4 Å². The van der Waals surface area contributed by atoms with Gasteiger partial charge in [-0.1, -0.05) is 84.6 Å². The summed E-state index contributed by atoms with van der Waals surface area (Å²) in [5.74, 6) is 4.60. The number of amides is 3. The monoisotopic (exact) mass is 1070 g/mol. The average molecular weight is 1080 g/mol. The SMILES string of the molecule is COc1ccc(C#Cc2ccc3c(c2)[C@]2(C(=O)N3C(=O)OCc3ccc([N+](=O)[O-])cc3)[C@H](C(=O)N3CCc4cc(OC)c(OC)cc4C3)[C@H]3C(=O)O[C@H](c4ccccc4)[C@H](c4ccccc4)N3[C@@H]2c2cccc(OCCO)c2)cc1. The standard InChI is InChI=1S/C63H54N4O13/c1-75-48-26-21-39(22-27-48)17-18-40-23-28-51-50(33-40)63(61(71)65(51)62(72)79-38-41-19-24-47(25-20-41)67(73)74)54(59(69)64-30-29-44-35-52(76-2)53(77-3)36-46(44)37-64)56-60(70)80-57(43-13-8-5-9-14-43)55(42-11-6-4-7-12-42)66(56)58(63)45-15-10-16-49(34-45)78-32-31-68/h4-16,19-28,33-36,54-58,68H,29-32,37-38H2,1-3H3/t54-,55-,56-,57+,58+,63-/m0/s1. The van der Waals surface area contributed by atoms with E-state index in [0.717, 1.165) is 16.0 Å². The van der Waals surface area contributed by atoms with E-state index in [4.69, 9.17) is 28.4 Å². The molecule has 0 aromatic heterocycles. The van der Waals surface area contributed by atoms with Gasteiger partial charge in [0, 0.05) is 36.3 Å². The molecule has 0 radical (unpaired) electrons. The molecule has 404 valence electrons. The van der Waals surface area contributed by atoms with Gasteiger partial charge in [0.1, 0.15) is 42.3 Å². The fourth-order valence-electron chi connectivity index (χ4n) is 11.9. The second-order valence-corrected chi connectivity index (χ2v) is 19.7. The lowest BCUT2D eigenvalue weighted by molar-refractivity contribution is -0.384. The summed E-state index contributed by atoms with van der Waals surface area (Å²) in [6, 6.07) is 43.4. The van der Waals surface area contributed by atoms with Crippen molar-refractivity contribution in [3.05, 3.63) is 224 Å². The van der Waals surface area contributed by atoms with Gasteiger partial charge in [0.2, 0.25) is 11.8 Å². The van der Waals surface area contributed by atoms with E-state index in [9.17, 15) is 15.2 Å². The van der Waals surface area contributed by atoms with Crippen LogP contribution in [0, 0.1) is 27.9 Å². The third-order valence-corrected chi connectivity index (χ3v) is 15.4. The molecule has 0 bridgehead atoms. The summed E-state index contributed by atoms with van der Waals surface area (Å²) >= 11 is 0. The number of carbonyl (C=O) groups is 4. The van der Waals surface area contributed by atoms with Gasteiger partial charge in [0.05, 0.1) is 56.5 Å². The second kappa shape index (κ2) is 22.1. The van der Waals surface area contributed by atoms with Crippen LogP contribution in [0.2, 0.25) is 0 Å². The van der Waals surface area contributed by atoms with Gasteiger partial charge >= 0.3 is 12.1 Å². The Bertz CT molecular complexity index is 3590. The highest BCUT2D eigenvalue weighted by molar-refractivity contribution is 6.23. The molecular formula is C63H54N4O13. The normalized spacial score (nSPS) is 20.8. The molecule has 17 heteroatoms. The molecule has 80 heavy (non-hydrogen) atoms. The quantitative estimate of drug-likeness (QED) is 0.0497. The summed E-state index contributed by atoms with van der Waals surface area (Å²) in [7, 11) is 4.65. The van der Waals surface area contributed by atoms with Gasteiger partial charge in [-0.05, 0) is 124 Å². The summed E-state index contributed by atoms with van der Waals surface area (Å²) in [6.45, 7) is -0.524. The number of non-ortho nitro benzene ring substituents is 1. The zero-order chi connectivity index (χ0) is 55.7. The number of esters is 1. The molecule has 0 unspecified atom stereocenters. The molecule has 2 saturated heterocycles. The minimum absolute atomic E-state index is 0.0577. The Morgan fingerprint density at radius 2 is 1.39 bits per heavy atom. The number of cyclic esters (lactones) is 1. The van der Waals surface area contributed by atoms with Crippen molar-refractivity contribution < 1.29 is 57.6 Å². The van der Waals surface area contributed by atoms with E-state index in [1.165, 1.54) is 31.4 Å². The van der Waals surface area contributed by atoms with Crippen LogP contribution in [-0.2, 0) is 48.8 Å². The van der Waals surface area contributed by atoms with Crippen molar-refractivity contribution >= 4 is 35.3 Å². The highest BCUT2D eigenvalue weighted by Gasteiger charge is 2.76. The molecule has 1 spiro atoms. The number of aliphatic hydroxyl groups excluding tert-OH is 1. The first-order valence-corrected chi connectivity index (χ1v) is 26.0. The first-order chi connectivity index (χ1) is 39.0. The Morgan fingerprint density at radius 3 is 2.06 bits per heavy atom. The number of aliphatic hydroxyl groups is 1. The van der Waals surface area contributed by atoms with Crippen molar-refractivity contribution in [1.82, 2.24) is 9.80 Å². The zero-order valence-corrected chi connectivity index (χ0v) is 43.9. The van der Waals surface area contributed by atoms with Crippen LogP contribution in [0.3, 0.4) is 0 Å². The lowest BCUT2D eigenvalue weighted by Crippen LogP contribution is -2.57. The van der Waals surface area contributed by atoms with E-state index >= 15 is 19.2 Å². The van der Waals surface area contributed by atoms with Crippen molar-refractivity contribution in [2.75, 3.05) is 46.0 Å². The van der Waals surface area contributed by atoms with Crippen LogP contribution >= 0.6 is 0 Å². The molecule has 7 aromatic carbocycles. The molecule has 0 saturated carbocycles. The van der Waals surface area contributed by atoms with Gasteiger partial charge in [-0.15, -0.1) is 0 Å². The molecule has 0 aliphatic carbocycles. The molecule has 17 nitrogen and oxygen atoms in total. The molecular weight excluding hydrogens is 1020 g/mol. The van der Waals surface area contributed by atoms with Crippen molar-refractivity contribution in [2.24, 2.45) is 5.92 Å². The van der Waals surface area contributed by atoms with Crippen LogP contribution in [0.4, 0.5) is 16.2 Å². The van der Waals surface area contributed by atoms with Gasteiger partial charge in [0.25, 0.3) is 5.69 Å². The van der Waals surface area contributed by atoms with Crippen LogP contribution in [0.1, 0.15) is 68.3 Å². The van der Waals surface area contributed by atoms with E-state index in [1.54, 1.807) is 85.8 Å². The predicted molar refractivity (Wildman–Crippen MR) is 292 cm³/mol. The molecule has 3 amide bonds. The minimum atomic E-state index is -2.17. The number of imide groups is 1. The number of hydrogen-bond donors (Lipinski definition) is 1. The number of hydrogen-bond acceptors (Lipinski definition) is 14. The fourth-order valence-corrected chi connectivity index (χ4v) is 11.9. The number of ether oxygens (including phenoxy) is 6. The summed E-state index contributed by atoms with van der Waals surface area (Å²) < 4.78 is 35.5. The maximum absolute atomic E-state index is 17.0. The average Bonchev–Trinajstić information content (AvgIpc) is 4.07. The van der Waals surface area contributed by atoms with Gasteiger partial charge in [0.15, 0.2) is 11.5 Å². The molecule has 4 aliphatic heterocycles. The van der Waals surface area contributed by atoms with Crippen LogP contribution in [0.25, 0.3) is 0 Å². The zero-order valence-electron chi connectivity index (χ0n) is 43.9. The van der Waals surface area contributed by atoms with Crippen LogP contribution in [-0.4, -0.2) is 90.8 Å². The highest BCUT2D eigenvalue weighted by Crippen LogP contribution is 2.66. The number of benzene rings is 7. The minimum Gasteiger partial charge on any atom is -0.497 e. The van der Waals surface area contributed by atoms with Gasteiger partial charge in [-0.25, -0.2) is 9.69 Å². The van der Waals surface area contributed by atoms with Crippen LogP contribution in [0.15, 0.2) is 164 Å². The van der Waals surface area contributed by atoms with Crippen molar-refractivity contribution in [3.8, 4) is 34.8 Å². The summed E-state index contributed by atoms with van der Waals surface area (Å²) in [6.07, 6.45) is -1.71. The summed E-state index contributed by atoms with van der Waals surface area (Å²) in [5, 5.41) is 21.5. The third kappa shape index (κ3) is 9.37. The molecule has 2 fully saturated rings. The fraction of sp³-hybridized carbons (Fsp3) is 0.238. The Labute approximate surface area is 460 Å². The van der Waals surface area contributed by atoms with Crippen LogP contribution < -0.4 is 23.8 Å². The number of nitro benzene ring substituents is 1. The van der Waals surface area contributed by atoms with E-state index in [2.05, 4.69) is 11.8 Å². The molecule has 11 rings (SSSR count). The number of methoxy groups -OCH3 is 3. The largest absolute Gasteiger partial charge is 0.497 e. The lowest BCUT2D eigenvalue weighted by Gasteiger charge is -2.46. The Balaban J connectivity index is 1.18. The summed E-state index contributed by atoms with van der Waals surface area (Å²) in [5.41, 5.74) is 2.91. The third-order valence-electron chi connectivity index (χ3n) is 15.4. The number of nitro groups is 1. The van der Waals surface area contributed by atoms with E-state index in [-0.39, 0.29) is 49.8 Å². The highest BCUT2D eigenvalue weighted by atomic mass is 16.6. The van der Waals surface area contributed by atoms with Crippen molar-refractivity contribution in [1.29, 1.82) is 0 Å². The second-order valence-electron chi connectivity index (χ2n) is 19.7.